The van der Waals surface area contributed by atoms with E-state index < -0.39 is 0 Å². The Bertz CT molecular complexity index is 700. The SMILES string of the molecule is CCCCN1CCc2cc(OC)ccc2C1.COc1ccc(C)cc1O. The van der Waals surface area contributed by atoms with Gasteiger partial charge in [0, 0.05) is 13.1 Å². The van der Waals surface area contributed by atoms with E-state index in [1.54, 1.807) is 19.2 Å². The van der Waals surface area contributed by atoms with E-state index in [1.165, 1.54) is 44.2 Å². The number of ether oxygens (including phenoxy) is 2. The molecule has 0 unspecified atom stereocenters. The van der Waals surface area contributed by atoms with Crippen molar-refractivity contribution in [2.24, 2.45) is 0 Å². The third kappa shape index (κ3) is 5.67. The lowest BCUT2D eigenvalue weighted by Gasteiger charge is -2.28. The summed E-state index contributed by atoms with van der Waals surface area (Å²) in [6.07, 6.45) is 3.76. The second kappa shape index (κ2) is 10.1. The molecule has 2 aromatic rings. The summed E-state index contributed by atoms with van der Waals surface area (Å²) in [6, 6.07) is 11.8. The fourth-order valence-corrected chi connectivity index (χ4v) is 3.09. The van der Waals surface area contributed by atoms with Gasteiger partial charge in [-0.15, -0.1) is 0 Å². The first-order valence-electron chi connectivity index (χ1n) is 9.29. The summed E-state index contributed by atoms with van der Waals surface area (Å²) in [5.74, 6) is 1.70. The highest BCUT2D eigenvalue weighted by atomic mass is 16.5. The molecule has 4 nitrogen and oxygen atoms in total. The summed E-state index contributed by atoms with van der Waals surface area (Å²) >= 11 is 0. The van der Waals surface area contributed by atoms with Crippen molar-refractivity contribution in [3.05, 3.63) is 53.1 Å². The Balaban J connectivity index is 0.000000209. The number of unbranched alkanes of at least 4 members (excludes halogenated alkanes) is 1. The predicted octanol–water partition coefficient (Wildman–Crippen LogP) is 4.56. The number of benzene rings is 2. The molecule has 26 heavy (non-hydrogen) atoms. The van der Waals surface area contributed by atoms with Gasteiger partial charge in [-0.05, 0) is 67.3 Å². The number of aromatic hydroxyl groups is 1. The molecule has 0 spiro atoms. The van der Waals surface area contributed by atoms with Crippen LogP contribution in [0.5, 0.6) is 17.2 Å². The first-order chi connectivity index (χ1) is 12.6. The van der Waals surface area contributed by atoms with Crippen LogP contribution in [0.15, 0.2) is 36.4 Å². The zero-order valence-corrected chi connectivity index (χ0v) is 16.4. The van der Waals surface area contributed by atoms with E-state index in [0.29, 0.717) is 5.75 Å². The van der Waals surface area contributed by atoms with Crippen LogP contribution in [0.4, 0.5) is 0 Å². The van der Waals surface area contributed by atoms with Gasteiger partial charge < -0.3 is 14.6 Å². The number of nitrogens with zero attached hydrogens (tertiary/aromatic N) is 1. The van der Waals surface area contributed by atoms with Gasteiger partial charge in [-0.25, -0.2) is 0 Å². The summed E-state index contributed by atoms with van der Waals surface area (Å²) in [5.41, 5.74) is 3.97. The molecule has 3 rings (SSSR count). The minimum Gasteiger partial charge on any atom is -0.504 e. The third-order valence-corrected chi connectivity index (χ3v) is 4.67. The van der Waals surface area contributed by atoms with Gasteiger partial charge in [0.05, 0.1) is 14.2 Å². The number of phenolic OH excluding ortho intramolecular Hbond substituents is 1. The quantitative estimate of drug-likeness (QED) is 0.851. The van der Waals surface area contributed by atoms with Crippen LogP contribution in [0.25, 0.3) is 0 Å². The van der Waals surface area contributed by atoms with Gasteiger partial charge in [0.2, 0.25) is 0 Å². The smallest absolute Gasteiger partial charge is 0.160 e. The second-order valence-electron chi connectivity index (χ2n) is 6.69. The Morgan fingerprint density at radius 3 is 2.50 bits per heavy atom. The zero-order chi connectivity index (χ0) is 18.9. The van der Waals surface area contributed by atoms with Crippen molar-refractivity contribution < 1.29 is 14.6 Å². The van der Waals surface area contributed by atoms with Crippen LogP contribution in [0.3, 0.4) is 0 Å². The molecule has 0 radical (unpaired) electrons. The van der Waals surface area contributed by atoms with Crippen molar-refractivity contribution in [1.82, 2.24) is 4.90 Å². The van der Waals surface area contributed by atoms with Crippen molar-refractivity contribution in [3.63, 3.8) is 0 Å². The van der Waals surface area contributed by atoms with Gasteiger partial charge in [-0.3, -0.25) is 4.90 Å². The summed E-state index contributed by atoms with van der Waals surface area (Å²) in [7, 11) is 3.27. The molecule has 0 aliphatic carbocycles. The van der Waals surface area contributed by atoms with Crippen LogP contribution < -0.4 is 9.47 Å². The molecule has 1 aliphatic rings. The number of aryl methyl sites for hydroxylation is 1. The fourth-order valence-electron chi connectivity index (χ4n) is 3.09. The van der Waals surface area contributed by atoms with E-state index >= 15 is 0 Å². The van der Waals surface area contributed by atoms with Gasteiger partial charge in [0.25, 0.3) is 0 Å². The molecule has 1 N–H and O–H groups in total. The average molecular weight is 357 g/mol. The first-order valence-corrected chi connectivity index (χ1v) is 9.29. The Morgan fingerprint density at radius 2 is 1.85 bits per heavy atom. The number of hydrogen-bond donors (Lipinski definition) is 1. The molecule has 0 aromatic heterocycles. The minimum atomic E-state index is 0.197. The van der Waals surface area contributed by atoms with Crippen molar-refractivity contribution >= 4 is 0 Å². The zero-order valence-electron chi connectivity index (χ0n) is 16.4. The Hall–Kier alpha value is -2.20. The van der Waals surface area contributed by atoms with Crippen LogP contribution in [0.2, 0.25) is 0 Å². The number of phenols is 1. The molecule has 0 saturated heterocycles. The van der Waals surface area contributed by atoms with Crippen molar-refractivity contribution in [3.8, 4) is 17.2 Å². The van der Waals surface area contributed by atoms with Crippen LogP contribution >= 0.6 is 0 Å². The fraction of sp³-hybridized carbons (Fsp3) is 0.455. The number of hydrogen-bond acceptors (Lipinski definition) is 4. The number of fused-ring (bicyclic) bond motifs is 1. The molecule has 0 amide bonds. The average Bonchev–Trinajstić information content (AvgIpc) is 2.66. The lowest BCUT2D eigenvalue weighted by Crippen LogP contribution is -2.31. The minimum absolute atomic E-state index is 0.197. The first kappa shape index (κ1) is 20.1. The third-order valence-electron chi connectivity index (χ3n) is 4.67. The van der Waals surface area contributed by atoms with Crippen LogP contribution in [-0.2, 0) is 13.0 Å². The monoisotopic (exact) mass is 357 g/mol. The Labute approximate surface area is 157 Å². The summed E-state index contributed by atoms with van der Waals surface area (Å²) in [4.78, 5) is 2.55. The maximum atomic E-state index is 9.17. The van der Waals surface area contributed by atoms with E-state index in [4.69, 9.17) is 14.6 Å². The van der Waals surface area contributed by atoms with Gasteiger partial charge >= 0.3 is 0 Å². The molecule has 1 aliphatic heterocycles. The topological polar surface area (TPSA) is 41.9 Å². The van der Waals surface area contributed by atoms with Crippen LogP contribution in [0.1, 0.15) is 36.5 Å². The van der Waals surface area contributed by atoms with Crippen LogP contribution in [0, 0.1) is 6.92 Å². The molecule has 0 fully saturated rings. The summed E-state index contributed by atoms with van der Waals surface area (Å²) in [5, 5.41) is 9.17. The standard InChI is InChI=1S/C14H21NO.C8H10O2/c1-3-4-8-15-9-7-12-10-14(16-2)6-5-13(12)11-15;1-6-3-4-8(10-2)7(9)5-6/h5-6,10H,3-4,7-9,11H2,1-2H3;3-5,9H,1-2H3. The van der Waals surface area contributed by atoms with Gasteiger partial charge in [-0.2, -0.15) is 0 Å². The lowest BCUT2D eigenvalue weighted by molar-refractivity contribution is 0.250. The molecule has 142 valence electrons. The maximum absolute atomic E-state index is 9.17. The second-order valence-corrected chi connectivity index (χ2v) is 6.69. The normalized spacial score (nSPS) is 13.4. The lowest BCUT2D eigenvalue weighted by atomic mass is 9.99. The molecule has 0 bridgehead atoms. The molecular formula is C22H31NO3. The molecule has 0 atom stereocenters. The Kier molecular flexibility index (Phi) is 7.79. The van der Waals surface area contributed by atoms with E-state index in [-0.39, 0.29) is 5.75 Å². The molecule has 0 saturated carbocycles. The van der Waals surface area contributed by atoms with E-state index in [1.807, 2.05) is 13.0 Å². The molecular weight excluding hydrogens is 326 g/mol. The molecule has 1 heterocycles. The maximum Gasteiger partial charge on any atom is 0.160 e. The predicted molar refractivity (Wildman–Crippen MR) is 106 cm³/mol. The molecule has 4 heteroatoms. The van der Waals surface area contributed by atoms with Gasteiger partial charge in [0.15, 0.2) is 11.5 Å². The van der Waals surface area contributed by atoms with Crippen molar-refractivity contribution in [2.45, 2.75) is 39.7 Å². The highest BCUT2D eigenvalue weighted by molar-refractivity contribution is 5.41. The van der Waals surface area contributed by atoms with Crippen molar-refractivity contribution in [1.29, 1.82) is 0 Å². The summed E-state index contributed by atoms with van der Waals surface area (Å²) in [6.45, 7) is 7.71. The number of methoxy groups -OCH3 is 2. The van der Waals surface area contributed by atoms with Gasteiger partial charge in [0.1, 0.15) is 5.75 Å². The van der Waals surface area contributed by atoms with E-state index in [0.717, 1.165) is 24.3 Å². The van der Waals surface area contributed by atoms with E-state index in [2.05, 4.69) is 30.0 Å². The molecule has 2 aromatic carbocycles. The highest BCUT2D eigenvalue weighted by Crippen LogP contribution is 2.25. The van der Waals surface area contributed by atoms with Gasteiger partial charge in [-0.1, -0.05) is 25.5 Å². The van der Waals surface area contributed by atoms with E-state index in [9.17, 15) is 0 Å². The Morgan fingerprint density at radius 1 is 1.04 bits per heavy atom. The summed E-state index contributed by atoms with van der Waals surface area (Å²) < 4.78 is 10.1. The largest absolute Gasteiger partial charge is 0.504 e. The number of rotatable bonds is 5. The highest BCUT2D eigenvalue weighted by Gasteiger charge is 2.15. The van der Waals surface area contributed by atoms with Crippen molar-refractivity contribution in [2.75, 3.05) is 27.3 Å². The van der Waals surface area contributed by atoms with Crippen LogP contribution in [-0.4, -0.2) is 37.3 Å².